The molecule has 5 nitrogen and oxygen atoms in total. The fourth-order valence-electron chi connectivity index (χ4n) is 2.40. The zero-order valence-electron chi connectivity index (χ0n) is 14.9. The first-order valence-corrected chi connectivity index (χ1v) is 9.10. The van der Waals surface area contributed by atoms with Gasteiger partial charge in [0.1, 0.15) is 5.75 Å². The van der Waals surface area contributed by atoms with Gasteiger partial charge in [-0.3, -0.25) is 0 Å². The molecule has 9 heteroatoms. The molecule has 0 atom stereocenters. The largest absolute Gasteiger partial charge is 0.437 e. The van der Waals surface area contributed by atoms with Gasteiger partial charge in [-0.15, -0.1) is 11.3 Å². The highest BCUT2D eigenvalue weighted by Crippen LogP contribution is 2.37. The second kappa shape index (κ2) is 7.86. The predicted molar refractivity (Wildman–Crippen MR) is 102 cm³/mol. The van der Waals surface area contributed by atoms with Crippen molar-refractivity contribution in [1.82, 2.24) is 9.97 Å². The quantitative estimate of drug-likeness (QED) is 0.477. The van der Waals surface area contributed by atoms with Crippen LogP contribution in [0.2, 0.25) is 0 Å². The highest BCUT2D eigenvalue weighted by Gasteiger charge is 2.33. The van der Waals surface area contributed by atoms with Crippen molar-refractivity contribution in [3.8, 4) is 11.6 Å². The number of ether oxygens (including phenoxy) is 1. The van der Waals surface area contributed by atoms with E-state index < -0.39 is 11.9 Å². The molecule has 1 aromatic carbocycles. The van der Waals surface area contributed by atoms with E-state index in [2.05, 4.69) is 20.1 Å². The minimum atomic E-state index is -4.53. The van der Waals surface area contributed by atoms with Gasteiger partial charge in [0.15, 0.2) is 10.8 Å². The number of aromatic nitrogens is 2. The van der Waals surface area contributed by atoms with Gasteiger partial charge < -0.3 is 10.1 Å². The number of hydrogen-bond donors (Lipinski definition) is 1. The van der Waals surface area contributed by atoms with Gasteiger partial charge in [0.05, 0.1) is 12.3 Å². The molecule has 0 unspecified atom stereocenters. The van der Waals surface area contributed by atoms with Crippen LogP contribution in [-0.4, -0.2) is 9.97 Å². The molecule has 1 N–H and O–H groups in total. The summed E-state index contributed by atoms with van der Waals surface area (Å²) >= 11 is 0.805. The number of halogens is 3. The van der Waals surface area contributed by atoms with Crippen molar-refractivity contribution < 1.29 is 17.9 Å². The van der Waals surface area contributed by atoms with Crippen LogP contribution in [0.15, 0.2) is 41.9 Å². The molecular weight excluding hydrogens is 389 g/mol. The third-order valence-corrected chi connectivity index (χ3v) is 4.51. The summed E-state index contributed by atoms with van der Waals surface area (Å²) in [4.78, 5) is 11.0. The Morgan fingerprint density at radius 2 is 2.00 bits per heavy atom. The molecule has 0 fully saturated rings. The topological polar surface area (TPSA) is 51.4 Å². The number of alkyl halides is 3. The molecule has 28 heavy (non-hydrogen) atoms. The van der Waals surface area contributed by atoms with Gasteiger partial charge in [-0.25, -0.2) is 14.8 Å². The number of rotatable bonds is 5. The monoisotopic (exact) mass is 404 g/mol. The molecule has 2 aromatic heterocycles. The zero-order valence-corrected chi connectivity index (χ0v) is 15.7. The predicted octanol–water partition coefficient (Wildman–Crippen LogP) is 6.77. The standard InChI is InChI=1S/C19H15F3N4OS/c1-11(2)13-6-4-5-7-15(13)27-17-14(8-12(23-3)9-24-17)25-18-26-16(10-28-18)19(20,21)22/h4-11H,1-2H3,(H,25,26). The minimum absolute atomic E-state index is 0.0262. The number of thiazole rings is 1. The van der Waals surface area contributed by atoms with Gasteiger partial charge in [0, 0.05) is 11.6 Å². The number of nitrogens with zero attached hydrogens (tertiary/aromatic N) is 3. The fraction of sp³-hybridized carbons (Fsp3) is 0.211. The molecule has 3 rings (SSSR count). The highest BCUT2D eigenvalue weighted by molar-refractivity contribution is 7.13. The summed E-state index contributed by atoms with van der Waals surface area (Å²) in [5.41, 5.74) is 0.453. The van der Waals surface area contributed by atoms with Crippen molar-refractivity contribution in [2.24, 2.45) is 0 Å². The summed E-state index contributed by atoms with van der Waals surface area (Å²) in [5.74, 6) is 0.923. The van der Waals surface area contributed by atoms with E-state index in [1.165, 1.54) is 12.3 Å². The lowest BCUT2D eigenvalue weighted by molar-refractivity contribution is -0.140. The second-order valence-corrected chi connectivity index (χ2v) is 6.97. The Morgan fingerprint density at radius 1 is 1.25 bits per heavy atom. The third kappa shape index (κ3) is 4.40. The first-order chi connectivity index (χ1) is 13.3. The van der Waals surface area contributed by atoms with Gasteiger partial charge in [0.25, 0.3) is 0 Å². The summed E-state index contributed by atoms with van der Waals surface area (Å²) in [5, 5.41) is 3.73. The van der Waals surface area contributed by atoms with E-state index in [0.717, 1.165) is 22.3 Å². The molecule has 3 aromatic rings. The maximum Gasteiger partial charge on any atom is 0.434 e. The fourth-order valence-corrected chi connectivity index (χ4v) is 3.13. The van der Waals surface area contributed by atoms with Crippen LogP contribution in [0.1, 0.15) is 31.0 Å². The molecule has 0 amide bonds. The molecule has 0 aliphatic rings. The first kappa shape index (κ1) is 19.6. The van der Waals surface area contributed by atoms with Crippen LogP contribution < -0.4 is 10.1 Å². The maximum absolute atomic E-state index is 12.8. The summed E-state index contributed by atoms with van der Waals surface area (Å²) in [6, 6.07) is 8.89. The van der Waals surface area contributed by atoms with Crippen molar-refractivity contribution in [2.75, 3.05) is 5.32 Å². The molecule has 0 saturated carbocycles. The number of benzene rings is 1. The number of para-hydroxylation sites is 1. The van der Waals surface area contributed by atoms with E-state index in [9.17, 15) is 13.2 Å². The van der Waals surface area contributed by atoms with Gasteiger partial charge in [-0.05, 0) is 23.6 Å². The van der Waals surface area contributed by atoms with Crippen LogP contribution in [0, 0.1) is 6.57 Å². The Labute approximate surface area is 163 Å². The number of nitrogens with one attached hydrogen (secondary N) is 1. The van der Waals surface area contributed by atoms with Crippen LogP contribution in [0.4, 0.5) is 29.7 Å². The van der Waals surface area contributed by atoms with Crippen LogP contribution in [0.5, 0.6) is 11.6 Å². The second-order valence-electron chi connectivity index (χ2n) is 6.11. The van der Waals surface area contributed by atoms with E-state index in [0.29, 0.717) is 5.75 Å². The van der Waals surface area contributed by atoms with Crippen LogP contribution >= 0.6 is 11.3 Å². The lowest BCUT2D eigenvalue weighted by Crippen LogP contribution is -2.05. The van der Waals surface area contributed by atoms with Crippen molar-refractivity contribution in [1.29, 1.82) is 0 Å². The van der Waals surface area contributed by atoms with Crippen molar-refractivity contribution in [3.05, 3.63) is 64.6 Å². The minimum Gasteiger partial charge on any atom is -0.437 e. The van der Waals surface area contributed by atoms with E-state index in [1.807, 2.05) is 32.0 Å². The third-order valence-electron chi connectivity index (χ3n) is 3.75. The van der Waals surface area contributed by atoms with Gasteiger partial charge in [-0.2, -0.15) is 13.2 Å². The molecular formula is C19H15F3N4OS. The molecule has 0 saturated heterocycles. The van der Waals surface area contributed by atoms with Gasteiger partial charge >= 0.3 is 6.18 Å². The molecule has 144 valence electrons. The Hall–Kier alpha value is -3.12. The maximum atomic E-state index is 12.8. The number of pyridine rings is 1. The summed E-state index contributed by atoms with van der Waals surface area (Å²) in [7, 11) is 0. The average molecular weight is 404 g/mol. The zero-order chi connectivity index (χ0) is 20.3. The van der Waals surface area contributed by atoms with Crippen molar-refractivity contribution in [2.45, 2.75) is 25.9 Å². The first-order valence-electron chi connectivity index (χ1n) is 8.22. The molecule has 0 aliphatic carbocycles. The SMILES string of the molecule is [C-]#[N+]c1cnc(Oc2ccccc2C(C)C)c(Nc2nc(C(F)(F)F)cs2)c1. The Bertz CT molecular complexity index is 1020. The Kier molecular flexibility index (Phi) is 5.51. The molecule has 0 aliphatic heterocycles. The van der Waals surface area contributed by atoms with E-state index in [1.54, 1.807) is 6.07 Å². The van der Waals surface area contributed by atoms with Gasteiger partial charge in [0.2, 0.25) is 11.6 Å². The van der Waals surface area contributed by atoms with Crippen LogP contribution in [0.25, 0.3) is 4.85 Å². The smallest absolute Gasteiger partial charge is 0.434 e. The molecule has 0 spiro atoms. The number of hydrogen-bond acceptors (Lipinski definition) is 5. The van der Waals surface area contributed by atoms with Crippen molar-refractivity contribution in [3.63, 3.8) is 0 Å². The highest BCUT2D eigenvalue weighted by atomic mass is 32.1. The summed E-state index contributed by atoms with van der Waals surface area (Å²) in [6.45, 7) is 11.2. The summed E-state index contributed by atoms with van der Waals surface area (Å²) in [6.07, 6.45) is -3.18. The van der Waals surface area contributed by atoms with E-state index >= 15 is 0 Å². The van der Waals surface area contributed by atoms with Crippen LogP contribution in [0.3, 0.4) is 0 Å². The lowest BCUT2D eigenvalue weighted by Gasteiger charge is -2.15. The lowest BCUT2D eigenvalue weighted by atomic mass is 10.0. The average Bonchev–Trinajstić information content (AvgIpc) is 3.12. The molecule has 0 radical (unpaired) electrons. The van der Waals surface area contributed by atoms with Crippen molar-refractivity contribution >= 4 is 27.8 Å². The van der Waals surface area contributed by atoms with E-state index in [-0.39, 0.29) is 28.3 Å². The number of anilines is 2. The summed E-state index contributed by atoms with van der Waals surface area (Å²) < 4.78 is 44.3. The Morgan fingerprint density at radius 3 is 2.64 bits per heavy atom. The molecule has 2 heterocycles. The normalized spacial score (nSPS) is 11.3. The van der Waals surface area contributed by atoms with E-state index in [4.69, 9.17) is 11.3 Å². The Balaban J connectivity index is 1.95. The van der Waals surface area contributed by atoms with Crippen LogP contribution in [-0.2, 0) is 6.18 Å². The van der Waals surface area contributed by atoms with Gasteiger partial charge in [-0.1, -0.05) is 32.0 Å². The molecule has 0 bridgehead atoms.